The lowest BCUT2D eigenvalue weighted by atomic mass is 10.0. The van der Waals surface area contributed by atoms with Crippen molar-refractivity contribution in [2.24, 2.45) is 0 Å². The Labute approximate surface area is 151 Å². The molecule has 2 aromatic rings. The van der Waals surface area contributed by atoms with Gasteiger partial charge in [-0.2, -0.15) is 0 Å². The molecular weight excluding hydrogens is 328 g/mol. The molecule has 0 radical (unpaired) electrons. The number of aryl methyl sites for hydroxylation is 1. The smallest absolute Gasteiger partial charge is 0.124 e. The number of carbonyl (C=O) groups excluding carboxylic acids is 1. The van der Waals surface area contributed by atoms with Crippen LogP contribution in [0.25, 0.3) is 10.1 Å². The molecule has 0 unspecified atom stereocenters. The van der Waals surface area contributed by atoms with E-state index < -0.39 is 8.07 Å². The predicted octanol–water partition coefficient (Wildman–Crippen LogP) is 6.79. The SMILES string of the molecule is C[Si](C)(C)C=C(CC=O)CCCCCCc1cc2ccccc2s1. The summed E-state index contributed by atoms with van der Waals surface area (Å²) in [5, 5.41) is 1.38. The van der Waals surface area contributed by atoms with Gasteiger partial charge >= 0.3 is 0 Å². The standard InChI is InChI=1S/C21H30OSSi/c1-24(2,3)17-18(14-15-22)10-6-4-5-7-12-20-16-19-11-8-9-13-21(19)23-20/h8-9,11,13,15-17H,4-7,10,12,14H2,1-3H3. The van der Waals surface area contributed by atoms with Gasteiger partial charge in [-0.15, -0.1) is 11.3 Å². The number of benzene rings is 1. The van der Waals surface area contributed by atoms with Crippen molar-refractivity contribution in [3.8, 4) is 0 Å². The molecule has 1 nitrogen and oxygen atoms in total. The maximum atomic E-state index is 10.8. The summed E-state index contributed by atoms with van der Waals surface area (Å²) in [5.41, 5.74) is 3.78. The Hall–Kier alpha value is -1.19. The first-order valence-corrected chi connectivity index (χ1v) is 13.5. The van der Waals surface area contributed by atoms with Gasteiger partial charge in [0, 0.05) is 16.0 Å². The van der Waals surface area contributed by atoms with Crippen molar-refractivity contribution in [2.75, 3.05) is 0 Å². The van der Waals surface area contributed by atoms with Crippen LogP contribution in [0, 0.1) is 0 Å². The minimum atomic E-state index is -1.21. The number of rotatable bonds is 10. The third kappa shape index (κ3) is 6.74. The lowest BCUT2D eigenvalue weighted by Crippen LogP contribution is -2.17. The fraction of sp³-hybridized carbons (Fsp3) is 0.476. The maximum Gasteiger partial charge on any atom is 0.124 e. The van der Waals surface area contributed by atoms with E-state index in [1.807, 2.05) is 11.3 Å². The fourth-order valence-corrected chi connectivity index (χ4v) is 5.71. The van der Waals surface area contributed by atoms with Gasteiger partial charge in [-0.25, -0.2) is 0 Å². The van der Waals surface area contributed by atoms with E-state index in [0.717, 1.165) is 12.7 Å². The van der Waals surface area contributed by atoms with Gasteiger partial charge < -0.3 is 4.79 Å². The highest BCUT2D eigenvalue weighted by atomic mass is 32.1. The van der Waals surface area contributed by atoms with E-state index in [1.165, 1.54) is 52.6 Å². The first-order chi connectivity index (χ1) is 11.5. The van der Waals surface area contributed by atoms with Crippen LogP contribution in [0.2, 0.25) is 19.6 Å². The van der Waals surface area contributed by atoms with E-state index >= 15 is 0 Å². The molecule has 24 heavy (non-hydrogen) atoms. The van der Waals surface area contributed by atoms with Crippen molar-refractivity contribution in [3.05, 3.63) is 46.5 Å². The molecule has 1 aromatic heterocycles. The zero-order chi connectivity index (χ0) is 17.4. The third-order valence-electron chi connectivity index (χ3n) is 4.13. The summed E-state index contributed by atoms with van der Waals surface area (Å²) < 4.78 is 1.41. The van der Waals surface area contributed by atoms with E-state index in [0.29, 0.717) is 6.42 Å². The van der Waals surface area contributed by atoms with Crippen LogP contribution in [-0.2, 0) is 11.2 Å². The van der Waals surface area contributed by atoms with E-state index in [9.17, 15) is 4.79 Å². The fourth-order valence-electron chi connectivity index (χ4n) is 3.12. The highest BCUT2D eigenvalue weighted by Gasteiger charge is 2.10. The van der Waals surface area contributed by atoms with Crippen LogP contribution < -0.4 is 0 Å². The lowest BCUT2D eigenvalue weighted by molar-refractivity contribution is -0.107. The molecule has 2 rings (SSSR count). The zero-order valence-electron chi connectivity index (χ0n) is 15.3. The summed E-state index contributed by atoms with van der Waals surface area (Å²) in [5.74, 6) is 0. The molecule has 0 N–H and O–H groups in total. The number of hydrogen-bond acceptors (Lipinski definition) is 2. The summed E-state index contributed by atoms with van der Waals surface area (Å²) >= 11 is 1.94. The predicted molar refractivity (Wildman–Crippen MR) is 111 cm³/mol. The minimum absolute atomic E-state index is 0.631. The van der Waals surface area contributed by atoms with E-state index in [2.05, 4.69) is 55.7 Å². The van der Waals surface area contributed by atoms with Gasteiger partial charge in [0.25, 0.3) is 0 Å². The molecule has 0 bridgehead atoms. The highest BCUT2D eigenvalue weighted by molar-refractivity contribution is 7.19. The Balaban J connectivity index is 1.69. The molecule has 0 amide bonds. The molecule has 0 saturated heterocycles. The second-order valence-electron chi connectivity index (χ2n) is 7.70. The molecule has 3 heteroatoms. The normalized spacial score (nSPS) is 12.7. The van der Waals surface area contributed by atoms with Crippen LogP contribution >= 0.6 is 11.3 Å². The van der Waals surface area contributed by atoms with Gasteiger partial charge in [-0.05, 0) is 43.2 Å². The molecule has 0 aliphatic heterocycles. The van der Waals surface area contributed by atoms with Crippen LogP contribution in [0.1, 0.15) is 43.4 Å². The molecule has 0 aliphatic carbocycles. The Morgan fingerprint density at radius 1 is 1.08 bits per heavy atom. The third-order valence-corrected chi connectivity index (χ3v) is 6.58. The van der Waals surface area contributed by atoms with Crippen LogP contribution in [0.3, 0.4) is 0 Å². The van der Waals surface area contributed by atoms with Crippen molar-refractivity contribution in [3.63, 3.8) is 0 Å². The molecule has 1 aromatic carbocycles. The number of allylic oxidation sites excluding steroid dienone is 1. The summed E-state index contributed by atoms with van der Waals surface area (Å²) in [6.45, 7) is 7.01. The van der Waals surface area contributed by atoms with Crippen molar-refractivity contribution in [1.29, 1.82) is 0 Å². The quantitative estimate of drug-likeness (QED) is 0.260. The highest BCUT2D eigenvalue weighted by Crippen LogP contribution is 2.26. The van der Waals surface area contributed by atoms with Crippen LogP contribution in [0.5, 0.6) is 0 Å². The van der Waals surface area contributed by atoms with Gasteiger partial charge in [0.05, 0.1) is 8.07 Å². The summed E-state index contributed by atoms with van der Waals surface area (Å²) in [6, 6.07) is 11.0. The van der Waals surface area contributed by atoms with Crippen molar-refractivity contribution in [1.82, 2.24) is 0 Å². The number of carbonyl (C=O) groups is 1. The number of fused-ring (bicyclic) bond motifs is 1. The van der Waals surface area contributed by atoms with Gasteiger partial charge in [0.2, 0.25) is 0 Å². The van der Waals surface area contributed by atoms with Crippen molar-refractivity contribution in [2.45, 2.75) is 64.6 Å². The van der Waals surface area contributed by atoms with E-state index in [4.69, 9.17) is 0 Å². The number of thiophene rings is 1. The molecule has 1 heterocycles. The maximum absolute atomic E-state index is 10.8. The first-order valence-electron chi connectivity index (χ1n) is 9.09. The molecule has 0 fully saturated rings. The first kappa shape index (κ1) is 19.1. The Bertz CT molecular complexity index is 645. The second kappa shape index (κ2) is 9.33. The Morgan fingerprint density at radius 2 is 1.83 bits per heavy atom. The topological polar surface area (TPSA) is 17.1 Å². The van der Waals surface area contributed by atoms with Crippen LogP contribution in [0.15, 0.2) is 41.6 Å². The van der Waals surface area contributed by atoms with Gasteiger partial charge in [0.15, 0.2) is 0 Å². The molecular formula is C21H30OSSi. The summed E-state index contributed by atoms with van der Waals surface area (Å²) in [6.07, 6.45) is 9.04. The van der Waals surface area contributed by atoms with Gasteiger partial charge in [-0.1, -0.05) is 62.0 Å². The largest absolute Gasteiger partial charge is 0.303 e. The zero-order valence-corrected chi connectivity index (χ0v) is 17.1. The van der Waals surface area contributed by atoms with Crippen LogP contribution in [-0.4, -0.2) is 14.4 Å². The molecule has 0 atom stereocenters. The Kier molecular flexibility index (Phi) is 7.44. The molecule has 0 aliphatic rings. The summed E-state index contributed by atoms with van der Waals surface area (Å²) in [7, 11) is -1.21. The molecule has 0 spiro atoms. The summed E-state index contributed by atoms with van der Waals surface area (Å²) in [4.78, 5) is 12.4. The average molecular weight is 359 g/mol. The van der Waals surface area contributed by atoms with Crippen molar-refractivity contribution >= 4 is 35.8 Å². The molecule has 0 saturated carbocycles. The second-order valence-corrected chi connectivity index (χ2v) is 13.9. The monoisotopic (exact) mass is 358 g/mol. The Morgan fingerprint density at radius 3 is 2.54 bits per heavy atom. The van der Waals surface area contributed by atoms with Crippen LogP contribution in [0.4, 0.5) is 0 Å². The van der Waals surface area contributed by atoms with Gasteiger partial charge in [-0.3, -0.25) is 0 Å². The van der Waals surface area contributed by atoms with E-state index in [1.54, 1.807) is 0 Å². The average Bonchev–Trinajstić information content (AvgIpc) is 2.92. The minimum Gasteiger partial charge on any atom is -0.303 e. The number of aldehydes is 1. The van der Waals surface area contributed by atoms with Gasteiger partial charge in [0.1, 0.15) is 6.29 Å². The van der Waals surface area contributed by atoms with E-state index in [-0.39, 0.29) is 0 Å². The van der Waals surface area contributed by atoms with Crippen molar-refractivity contribution < 1.29 is 4.79 Å². The lowest BCUT2D eigenvalue weighted by Gasteiger charge is -2.13. The number of hydrogen-bond donors (Lipinski definition) is 0. The molecule has 130 valence electrons. The number of unbranched alkanes of at least 4 members (excludes halogenated alkanes) is 3.